The first-order valence-electron chi connectivity index (χ1n) is 5.72. The summed E-state index contributed by atoms with van der Waals surface area (Å²) in [6.07, 6.45) is 0.203. The number of halogens is 2. The van der Waals surface area contributed by atoms with Crippen molar-refractivity contribution in [2.45, 2.75) is 26.1 Å². The van der Waals surface area contributed by atoms with Crippen molar-refractivity contribution in [3.8, 4) is 0 Å². The van der Waals surface area contributed by atoms with Crippen LogP contribution in [0.4, 0.5) is 0 Å². The standard InChI is InChI=1S/C13H18ClIO2/c1-3-16-9-10(2)17-13(8-15)11-4-6-12(14)7-5-11/h4-7,10,13H,3,8-9H2,1-2H3. The Hall–Kier alpha value is 0.160. The quantitative estimate of drug-likeness (QED) is 0.529. The van der Waals surface area contributed by atoms with Gasteiger partial charge in [-0.15, -0.1) is 0 Å². The van der Waals surface area contributed by atoms with E-state index in [1.807, 2.05) is 38.1 Å². The van der Waals surface area contributed by atoms with Crippen molar-refractivity contribution in [1.29, 1.82) is 0 Å². The predicted octanol–water partition coefficient (Wildman–Crippen LogP) is 4.26. The highest BCUT2D eigenvalue weighted by molar-refractivity contribution is 14.1. The molecule has 0 saturated carbocycles. The molecule has 0 aliphatic rings. The number of alkyl halides is 1. The van der Waals surface area contributed by atoms with Gasteiger partial charge in [0.2, 0.25) is 0 Å². The second kappa shape index (κ2) is 8.29. The van der Waals surface area contributed by atoms with E-state index in [0.29, 0.717) is 6.61 Å². The second-order valence-electron chi connectivity index (χ2n) is 3.80. The first-order valence-corrected chi connectivity index (χ1v) is 7.62. The van der Waals surface area contributed by atoms with Crippen LogP contribution in [0.15, 0.2) is 24.3 Å². The topological polar surface area (TPSA) is 18.5 Å². The lowest BCUT2D eigenvalue weighted by molar-refractivity contribution is -0.0377. The van der Waals surface area contributed by atoms with Gasteiger partial charge in [0.1, 0.15) is 0 Å². The normalized spacial score (nSPS) is 14.6. The van der Waals surface area contributed by atoms with E-state index >= 15 is 0 Å². The third kappa shape index (κ3) is 5.55. The number of rotatable bonds is 7. The Bertz CT molecular complexity index is 316. The minimum Gasteiger partial charge on any atom is -0.379 e. The van der Waals surface area contributed by atoms with Gasteiger partial charge in [0.25, 0.3) is 0 Å². The van der Waals surface area contributed by atoms with Crippen LogP contribution in [-0.2, 0) is 9.47 Å². The molecule has 17 heavy (non-hydrogen) atoms. The fourth-order valence-electron chi connectivity index (χ4n) is 1.48. The molecular formula is C13H18ClIO2. The van der Waals surface area contributed by atoms with Crippen LogP contribution in [0.3, 0.4) is 0 Å². The molecule has 4 heteroatoms. The molecule has 2 unspecified atom stereocenters. The fraction of sp³-hybridized carbons (Fsp3) is 0.538. The van der Waals surface area contributed by atoms with Crippen molar-refractivity contribution < 1.29 is 9.47 Å². The summed E-state index contributed by atoms with van der Waals surface area (Å²) in [5, 5.41) is 0.753. The molecule has 0 fully saturated rings. The van der Waals surface area contributed by atoms with E-state index < -0.39 is 0 Å². The van der Waals surface area contributed by atoms with Crippen molar-refractivity contribution in [1.82, 2.24) is 0 Å². The Kier molecular flexibility index (Phi) is 7.43. The summed E-state index contributed by atoms with van der Waals surface area (Å²) in [6.45, 7) is 5.38. The van der Waals surface area contributed by atoms with Gasteiger partial charge in [-0.2, -0.15) is 0 Å². The van der Waals surface area contributed by atoms with Crippen molar-refractivity contribution in [3.05, 3.63) is 34.9 Å². The molecule has 0 spiro atoms. The number of hydrogen-bond donors (Lipinski definition) is 0. The van der Waals surface area contributed by atoms with E-state index in [1.165, 1.54) is 0 Å². The van der Waals surface area contributed by atoms with E-state index in [-0.39, 0.29) is 12.2 Å². The predicted molar refractivity (Wildman–Crippen MR) is 80.1 cm³/mol. The molecule has 0 aliphatic carbocycles. The molecule has 0 amide bonds. The van der Waals surface area contributed by atoms with Gasteiger partial charge in [0, 0.05) is 16.1 Å². The third-order valence-corrected chi connectivity index (χ3v) is 3.39. The first kappa shape index (κ1) is 15.2. The molecule has 0 bridgehead atoms. The minimum absolute atomic E-state index is 0.100. The minimum atomic E-state index is 0.100. The molecule has 0 saturated heterocycles. The van der Waals surface area contributed by atoms with E-state index in [1.54, 1.807) is 0 Å². The first-order chi connectivity index (χ1) is 8.17. The van der Waals surface area contributed by atoms with Crippen LogP contribution in [0.25, 0.3) is 0 Å². The smallest absolute Gasteiger partial charge is 0.0919 e. The summed E-state index contributed by atoms with van der Waals surface area (Å²) in [5.74, 6) is 0. The van der Waals surface area contributed by atoms with Crippen molar-refractivity contribution in [2.24, 2.45) is 0 Å². The van der Waals surface area contributed by atoms with Crippen LogP contribution >= 0.6 is 34.2 Å². The van der Waals surface area contributed by atoms with Crippen LogP contribution in [-0.4, -0.2) is 23.7 Å². The van der Waals surface area contributed by atoms with E-state index in [0.717, 1.165) is 21.6 Å². The highest BCUT2D eigenvalue weighted by atomic mass is 127. The summed E-state index contributed by atoms with van der Waals surface area (Å²) in [6, 6.07) is 7.82. The third-order valence-electron chi connectivity index (χ3n) is 2.34. The lowest BCUT2D eigenvalue weighted by Gasteiger charge is -2.21. The summed E-state index contributed by atoms with van der Waals surface area (Å²) in [4.78, 5) is 0. The molecule has 1 aromatic carbocycles. The average molecular weight is 369 g/mol. The van der Waals surface area contributed by atoms with Crippen LogP contribution < -0.4 is 0 Å². The molecule has 0 aliphatic heterocycles. The number of ether oxygens (including phenoxy) is 2. The average Bonchev–Trinajstić information content (AvgIpc) is 2.34. The van der Waals surface area contributed by atoms with Gasteiger partial charge in [0.15, 0.2) is 0 Å². The van der Waals surface area contributed by atoms with Crippen LogP contribution in [0.2, 0.25) is 5.02 Å². The highest BCUT2D eigenvalue weighted by Crippen LogP contribution is 2.23. The fourth-order valence-corrected chi connectivity index (χ4v) is 2.33. The van der Waals surface area contributed by atoms with Gasteiger partial charge in [-0.3, -0.25) is 0 Å². The molecule has 96 valence electrons. The molecule has 0 aromatic heterocycles. The van der Waals surface area contributed by atoms with Gasteiger partial charge in [-0.05, 0) is 31.5 Å². The summed E-state index contributed by atoms with van der Waals surface area (Å²) < 4.78 is 12.2. The molecule has 0 heterocycles. The molecule has 0 N–H and O–H groups in total. The highest BCUT2D eigenvalue weighted by Gasteiger charge is 2.14. The lowest BCUT2D eigenvalue weighted by Crippen LogP contribution is -2.20. The van der Waals surface area contributed by atoms with Crippen LogP contribution in [0, 0.1) is 0 Å². The van der Waals surface area contributed by atoms with Crippen molar-refractivity contribution >= 4 is 34.2 Å². The lowest BCUT2D eigenvalue weighted by atomic mass is 10.1. The van der Waals surface area contributed by atoms with E-state index in [2.05, 4.69) is 22.6 Å². The van der Waals surface area contributed by atoms with Crippen molar-refractivity contribution in [2.75, 3.05) is 17.6 Å². The van der Waals surface area contributed by atoms with E-state index in [9.17, 15) is 0 Å². The van der Waals surface area contributed by atoms with Gasteiger partial charge in [0.05, 0.1) is 18.8 Å². The molecule has 1 aromatic rings. The number of hydrogen-bond acceptors (Lipinski definition) is 2. The van der Waals surface area contributed by atoms with Gasteiger partial charge in [-0.1, -0.05) is 46.3 Å². The zero-order valence-corrected chi connectivity index (χ0v) is 13.1. The Labute approximate surface area is 122 Å². The Morgan fingerprint density at radius 2 is 1.94 bits per heavy atom. The number of benzene rings is 1. The molecule has 2 nitrogen and oxygen atoms in total. The molecule has 2 atom stereocenters. The summed E-state index contributed by atoms with van der Waals surface area (Å²) in [7, 11) is 0. The van der Waals surface area contributed by atoms with Gasteiger partial charge >= 0.3 is 0 Å². The maximum Gasteiger partial charge on any atom is 0.0919 e. The summed E-state index contributed by atoms with van der Waals surface area (Å²) in [5.41, 5.74) is 1.16. The molecule has 1 rings (SSSR count). The SMILES string of the molecule is CCOCC(C)OC(CI)c1ccc(Cl)cc1. The second-order valence-corrected chi connectivity index (χ2v) is 5.12. The molecule has 0 radical (unpaired) electrons. The van der Waals surface area contributed by atoms with Gasteiger partial charge in [-0.25, -0.2) is 0 Å². The van der Waals surface area contributed by atoms with Crippen molar-refractivity contribution in [3.63, 3.8) is 0 Å². The van der Waals surface area contributed by atoms with Crippen LogP contribution in [0.1, 0.15) is 25.5 Å². The maximum absolute atomic E-state index is 5.95. The van der Waals surface area contributed by atoms with Gasteiger partial charge < -0.3 is 9.47 Å². The largest absolute Gasteiger partial charge is 0.379 e. The molecular weight excluding hydrogens is 350 g/mol. The zero-order chi connectivity index (χ0) is 12.7. The monoisotopic (exact) mass is 368 g/mol. The van der Waals surface area contributed by atoms with Crippen LogP contribution in [0.5, 0.6) is 0 Å². The zero-order valence-electron chi connectivity index (χ0n) is 10.2. The Morgan fingerprint density at radius 3 is 2.47 bits per heavy atom. The summed E-state index contributed by atoms with van der Waals surface area (Å²) >= 11 is 8.21. The van der Waals surface area contributed by atoms with E-state index in [4.69, 9.17) is 21.1 Å². The Balaban J connectivity index is 2.56. The Morgan fingerprint density at radius 1 is 1.29 bits per heavy atom. The maximum atomic E-state index is 5.95.